The van der Waals surface area contributed by atoms with Crippen LogP contribution in [0.2, 0.25) is 0 Å². The molecule has 0 aromatic rings. The molecule has 33 atom stereocenters. The fraction of sp³-hybridized carbons (Fsp3) is 0.949. The van der Waals surface area contributed by atoms with Crippen LogP contribution in [-0.4, -0.2) is 263 Å². The van der Waals surface area contributed by atoms with Crippen LogP contribution in [0.15, 0.2) is 11.6 Å². The van der Waals surface area contributed by atoms with Gasteiger partial charge in [0.05, 0.1) is 50.2 Å². The van der Waals surface area contributed by atoms with Gasteiger partial charge in [-0.3, -0.25) is 4.79 Å². The highest BCUT2D eigenvalue weighted by Gasteiger charge is 2.70. The number of ether oxygens (including phenoxy) is 10. The van der Waals surface area contributed by atoms with Gasteiger partial charge in [-0.05, 0) is 117 Å². The summed E-state index contributed by atoms with van der Waals surface area (Å²) in [6.07, 6.45) is -32.1. The van der Waals surface area contributed by atoms with Crippen molar-refractivity contribution in [2.45, 2.75) is 273 Å². The highest BCUT2D eigenvalue weighted by molar-refractivity contribution is 5.76. The Morgan fingerprint density at radius 2 is 1.06 bits per heavy atom. The smallest absolute Gasteiger partial charge is 0.310 e. The first-order valence-electron chi connectivity index (χ1n) is 30.6. The number of aliphatic carboxylic acids is 1. The largest absolute Gasteiger partial charge is 0.481 e. The van der Waals surface area contributed by atoms with Gasteiger partial charge in [0.1, 0.15) is 104 Å². The number of hydrogen-bond acceptors (Lipinski definition) is 25. The van der Waals surface area contributed by atoms with Gasteiger partial charge in [-0.15, -0.1) is 0 Å². The van der Waals surface area contributed by atoms with E-state index in [4.69, 9.17) is 47.4 Å². The van der Waals surface area contributed by atoms with Crippen molar-refractivity contribution in [1.82, 2.24) is 0 Å². The molecule has 10 aliphatic rings. The van der Waals surface area contributed by atoms with Crippen molar-refractivity contribution in [2.24, 2.45) is 50.2 Å². The predicted molar refractivity (Wildman–Crippen MR) is 288 cm³/mol. The quantitative estimate of drug-likeness (QED) is 0.0662. The lowest BCUT2D eigenvalue weighted by molar-refractivity contribution is -0.395. The number of carbonyl (C=O) groups is 1. The van der Waals surface area contributed by atoms with Crippen LogP contribution < -0.4 is 0 Å². The first-order valence-corrected chi connectivity index (χ1v) is 30.6. The fourth-order valence-corrected chi connectivity index (χ4v) is 17.7. The minimum absolute atomic E-state index is 0.0198. The standard InChI is InChI=1S/C59H96O26/c1-24-34(64)44(82-48-40(70)39(69)37(67)29(20-60)79-48)41(71)49(77-24)84-46-38(68)30(21-61)80-51(43(46)73)83-45-35(65)25(2)78-50(42(45)72)85-47-36(66)28(63)22-76-52(47)81-33-12-13-55(5)31(56(33,6)23-62)11-14-58(8)32(55)10-9-26-27-19-54(3,4)15-17-59(27,53(74)75)18-16-57(26,58)7/h9,24-25,27-52,60-73H,10-23H2,1-8H3,(H,74,75). The lowest BCUT2D eigenvalue weighted by Crippen LogP contribution is -2.68. The molecule has 10 rings (SSSR count). The molecule has 33 unspecified atom stereocenters. The average molecular weight is 1220 g/mol. The maximum Gasteiger partial charge on any atom is 0.310 e. The molecule has 5 heterocycles. The third-order valence-electron chi connectivity index (χ3n) is 23.3. The Kier molecular flexibility index (Phi) is 19.0. The van der Waals surface area contributed by atoms with Crippen molar-refractivity contribution >= 4 is 5.97 Å². The third kappa shape index (κ3) is 11.0. The van der Waals surface area contributed by atoms with Crippen LogP contribution in [-0.2, 0) is 52.2 Å². The van der Waals surface area contributed by atoms with Gasteiger partial charge >= 0.3 is 5.97 Å². The number of aliphatic hydroxyl groups is 14. The molecular formula is C59H96O26. The zero-order valence-electron chi connectivity index (χ0n) is 49.8. The summed E-state index contributed by atoms with van der Waals surface area (Å²) in [7, 11) is 0. The van der Waals surface area contributed by atoms with E-state index in [-0.39, 0.29) is 52.6 Å². The molecule has 0 radical (unpaired) electrons. The molecular weight excluding hydrogens is 1120 g/mol. The van der Waals surface area contributed by atoms with Gasteiger partial charge < -0.3 is 124 Å². The summed E-state index contributed by atoms with van der Waals surface area (Å²) in [6.45, 7) is 14.1. The molecule has 15 N–H and O–H groups in total. The lowest BCUT2D eigenvalue weighted by Gasteiger charge is -2.71. The van der Waals surface area contributed by atoms with Crippen molar-refractivity contribution in [3.05, 3.63) is 11.6 Å². The Balaban J connectivity index is 0.832. The van der Waals surface area contributed by atoms with E-state index in [1.54, 1.807) is 0 Å². The van der Waals surface area contributed by atoms with Crippen LogP contribution >= 0.6 is 0 Å². The van der Waals surface area contributed by atoms with Gasteiger partial charge in [0.15, 0.2) is 31.5 Å². The highest BCUT2D eigenvalue weighted by atomic mass is 16.8. The topological polar surface area (TPSA) is 413 Å². The second-order valence-electron chi connectivity index (χ2n) is 28.5. The minimum atomic E-state index is -2.07. The zero-order valence-corrected chi connectivity index (χ0v) is 49.8. The summed E-state index contributed by atoms with van der Waals surface area (Å²) in [5.74, 6) is -0.591. The highest BCUT2D eigenvalue weighted by Crippen LogP contribution is 2.76. The number of carboxylic acid groups (broad SMARTS) is 1. The molecule has 4 saturated carbocycles. The molecule has 5 saturated heterocycles. The molecule has 26 heteroatoms. The maximum atomic E-state index is 13.2. The monoisotopic (exact) mass is 1220 g/mol. The summed E-state index contributed by atoms with van der Waals surface area (Å²) < 4.78 is 59.8. The number of allylic oxidation sites excluding steroid dienone is 2. The van der Waals surface area contributed by atoms with Crippen molar-refractivity contribution < 1.29 is 129 Å². The molecule has 5 aliphatic carbocycles. The van der Waals surface area contributed by atoms with Gasteiger partial charge in [0.25, 0.3) is 0 Å². The van der Waals surface area contributed by atoms with E-state index in [2.05, 4.69) is 40.7 Å². The van der Waals surface area contributed by atoms with Crippen molar-refractivity contribution in [1.29, 1.82) is 0 Å². The van der Waals surface area contributed by atoms with E-state index >= 15 is 0 Å². The van der Waals surface area contributed by atoms with Crippen LogP contribution in [0.25, 0.3) is 0 Å². The third-order valence-corrected chi connectivity index (χ3v) is 23.3. The molecule has 488 valence electrons. The van der Waals surface area contributed by atoms with Crippen LogP contribution in [0.5, 0.6) is 0 Å². The Labute approximate surface area is 494 Å². The Bertz CT molecular complexity index is 2370. The van der Waals surface area contributed by atoms with Crippen LogP contribution in [0.4, 0.5) is 0 Å². The van der Waals surface area contributed by atoms with Gasteiger partial charge in [0.2, 0.25) is 0 Å². The number of aliphatic hydroxyl groups excluding tert-OH is 14. The Morgan fingerprint density at radius 3 is 1.61 bits per heavy atom. The van der Waals surface area contributed by atoms with Gasteiger partial charge in [-0.1, -0.05) is 53.2 Å². The first-order chi connectivity index (χ1) is 39.9. The number of carboxylic acids is 1. The second-order valence-corrected chi connectivity index (χ2v) is 28.5. The molecule has 9 fully saturated rings. The summed E-state index contributed by atoms with van der Waals surface area (Å²) in [5, 5.41) is 166. The predicted octanol–water partition coefficient (Wildman–Crippen LogP) is -1.98. The van der Waals surface area contributed by atoms with Crippen molar-refractivity contribution in [2.75, 3.05) is 26.4 Å². The number of hydrogen-bond donors (Lipinski definition) is 15. The fourth-order valence-electron chi connectivity index (χ4n) is 17.7. The average Bonchev–Trinajstić information content (AvgIpc) is 0.691. The van der Waals surface area contributed by atoms with Gasteiger partial charge in [0, 0.05) is 5.41 Å². The maximum absolute atomic E-state index is 13.2. The van der Waals surface area contributed by atoms with E-state index in [1.165, 1.54) is 19.4 Å². The van der Waals surface area contributed by atoms with E-state index < -0.39 is 184 Å². The number of fused-ring (bicyclic) bond motifs is 7. The zero-order chi connectivity index (χ0) is 62.0. The molecule has 0 bridgehead atoms. The summed E-state index contributed by atoms with van der Waals surface area (Å²) in [5.41, 5.74) is -0.987. The summed E-state index contributed by atoms with van der Waals surface area (Å²) in [4.78, 5) is 13.2. The molecule has 0 amide bonds. The molecule has 5 aliphatic heterocycles. The van der Waals surface area contributed by atoms with E-state index in [1.807, 2.05) is 6.92 Å². The lowest BCUT2D eigenvalue weighted by atomic mass is 9.33. The van der Waals surface area contributed by atoms with E-state index in [0.29, 0.717) is 25.7 Å². The summed E-state index contributed by atoms with van der Waals surface area (Å²) in [6, 6.07) is 0. The second kappa shape index (κ2) is 24.4. The van der Waals surface area contributed by atoms with Gasteiger partial charge in [-0.2, -0.15) is 0 Å². The normalized spacial score (nSPS) is 55.3. The van der Waals surface area contributed by atoms with Crippen LogP contribution in [0.3, 0.4) is 0 Å². The first kappa shape index (κ1) is 66.2. The van der Waals surface area contributed by atoms with Crippen LogP contribution in [0, 0.1) is 50.2 Å². The van der Waals surface area contributed by atoms with Crippen molar-refractivity contribution in [3.63, 3.8) is 0 Å². The van der Waals surface area contributed by atoms with Gasteiger partial charge in [-0.25, -0.2) is 0 Å². The minimum Gasteiger partial charge on any atom is -0.481 e. The molecule has 26 nitrogen and oxygen atoms in total. The Hall–Kier alpha value is -1.75. The summed E-state index contributed by atoms with van der Waals surface area (Å²) >= 11 is 0. The Morgan fingerprint density at radius 1 is 0.541 bits per heavy atom. The molecule has 85 heavy (non-hydrogen) atoms. The molecule has 0 aromatic carbocycles. The molecule has 0 spiro atoms. The molecule has 0 aromatic heterocycles. The van der Waals surface area contributed by atoms with E-state index in [0.717, 1.165) is 38.5 Å². The van der Waals surface area contributed by atoms with Crippen molar-refractivity contribution in [3.8, 4) is 0 Å². The SMILES string of the molecule is CC1OC(OC2C(O)C(CO)OC(OC3C(O)C(C)OC(OC4C(OC5CCC6(C)C(CCC7(C)C6CC=C6C8CC(C)(C)CCC8(C(=O)O)CCC67C)C5(C)CO)OCC(O)C4O)C3O)C2O)C(O)C(OC2OC(CO)C(O)C(O)C2O)C1O. The number of rotatable bonds is 14. The van der Waals surface area contributed by atoms with E-state index in [9.17, 15) is 81.4 Å². The van der Waals surface area contributed by atoms with Crippen LogP contribution in [0.1, 0.15) is 120 Å².